The Morgan fingerprint density at radius 3 is 2.67 bits per heavy atom. The van der Waals surface area contributed by atoms with Crippen molar-refractivity contribution >= 4 is 28.1 Å². The average molecular weight is 322 g/mol. The summed E-state index contributed by atoms with van der Waals surface area (Å²) in [5, 5.41) is 10.3. The van der Waals surface area contributed by atoms with E-state index in [2.05, 4.69) is 10.4 Å². The van der Waals surface area contributed by atoms with Crippen LogP contribution in [0.3, 0.4) is 0 Å². The Kier molecular flexibility index (Phi) is 3.83. The Labute approximate surface area is 131 Å². The van der Waals surface area contributed by atoms with Crippen LogP contribution in [0.15, 0.2) is 24.3 Å². The lowest BCUT2D eigenvalue weighted by Gasteiger charge is -2.29. The summed E-state index contributed by atoms with van der Waals surface area (Å²) in [7, 11) is 1.94. The summed E-state index contributed by atoms with van der Waals surface area (Å²) in [6.45, 7) is 0. The van der Waals surface area contributed by atoms with Crippen molar-refractivity contribution in [1.82, 2.24) is 4.37 Å². The van der Waals surface area contributed by atoms with Gasteiger partial charge in [-0.05, 0) is 48.0 Å². The number of aromatic nitrogens is 1. The Bertz CT molecular complexity index is 688. The highest BCUT2D eigenvalue weighted by atomic mass is 35.5. The van der Waals surface area contributed by atoms with Gasteiger partial charge in [0.05, 0.1) is 6.04 Å². The minimum atomic E-state index is -0.241. The van der Waals surface area contributed by atoms with E-state index in [0.29, 0.717) is 11.5 Å². The van der Waals surface area contributed by atoms with Gasteiger partial charge in [-0.25, -0.2) is 4.39 Å². The quantitative estimate of drug-likeness (QED) is 0.838. The highest BCUT2D eigenvalue weighted by molar-refractivity contribution is 7.10. The number of anilines is 1. The first-order chi connectivity index (χ1) is 10.1. The van der Waals surface area contributed by atoms with Crippen molar-refractivity contribution in [3.63, 3.8) is 0 Å². The highest BCUT2D eigenvalue weighted by Gasteiger charge is 2.36. The summed E-state index contributed by atoms with van der Waals surface area (Å²) in [5.41, 5.74) is 1.46. The molecule has 1 aromatic carbocycles. The number of halogens is 2. The number of benzene rings is 1. The van der Waals surface area contributed by atoms with Crippen molar-refractivity contribution in [2.75, 3.05) is 11.9 Å². The summed E-state index contributed by atoms with van der Waals surface area (Å²) in [6.07, 6.45) is 2.28. The van der Waals surface area contributed by atoms with Gasteiger partial charge >= 0.3 is 0 Å². The van der Waals surface area contributed by atoms with Crippen LogP contribution >= 0.6 is 23.1 Å². The van der Waals surface area contributed by atoms with E-state index in [1.807, 2.05) is 24.1 Å². The smallest absolute Gasteiger partial charge is 0.162 e. The van der Waals surface area contributed by atoms with Gasteiger partial charge in [0.15, 0.2) is 5.15 Å². The molecule has 1 aliphatic carbocycles. The van der Waals surface area contributed by atoms with Crippen molar-refractivity contribution in [1.29, 1.82) is 5.26 Å². The molecule has 1 unspecified atom stereocenters. The molecule has 1 atom stereocenters. The van der Waals surface area contributed by atoms with Crippen LogP contribution in [0.25, 0.3) is 0 Å². The SMILES string of the molecule is CN(c1snc(Cl)c1C#N)C(c1ccc(F)cc1)C1CC1. The first kappa shape index (κ1) is 14.3. The Balaban J connectivity index is 1.97. The van der Waals surface area contributed by atoms with Gasteiger partial charge in [-0.1, -0.05) is 23.7 Å². The minimum absolute atomic E-state index is 0.120. The van der Waals surface area contributed by atoms with E-state index in [1.54, 1.807) is 0 Å². The normalized spacial score (nSPS) is 15.5. The van der Waals surface area contributed by atoms with Crippen molar-refractivity contribution < 1.29 is 4.39 Å². The molecule has 2 aromatic rings. The van der Waals surface area contributed by atoms with Crippen molar-refractivity contribution in [3.05, 3.63) is 46.4 Å². The van der Waals surface area contributed by atoms with Gasteiger partial charge < -0.3 is 4.90 Å². The molecule has 3 rings (SSSR count). The molecule has 0 N–H and O–H groups in total. The lowest BCUT2D eigenvalue weighted by Crippen LogP contribution is -2.25. The molecule has 0 aliphatic heterocycles. The maximum Gasteiger partial charge on any atom is 0.162 e. The van der Waals surface area contributed by atoms with Crippen LogP contribution in [0.5, 0.6) is 0 Å². The summed E-state index contributed by atoms with van der Waals surface area (Å²) in [5.74, 6) is 0.280. The van der Waals surface area contributed by atoms with Gasteiger partial charge in [0.1, 0.15) is 22.5 Å². The van der Waals surface area contributed by atoms with E-state index in [0.717, 1.165) is 23.4 Å². The van der Waals surface area contributed by atoms with Gasteiger partial charge in [0.2, 0.25) is 0 Å². The predicted octanol–water partition coefficient (Wildman–Crippen LogP) is 4.39. The summed E-state index contributed by atoms with van der Waals surface area (Å²) >= 11 is 7.18. The molecule has 1 aromatic heterocycles. The molecule has 1 heterocycles. The van der Waals surface area contributed by atoms with E-state index in [9.17, 15) is 9.65 Å². The lowest BCUT2D eigenvalue weighted by molar-refractivity contribution is 0.589. The van der Waals surface area contributed by atoms with E-state index in [1.165, 1.54) is 23.7 Å². The molecule has 0 radical (unpaired) electrons. The zero-order chi connectivity index (χ0) is 15.0. The summed E-state index contributed by atoms with van der Waals surface area (Å²) in [4.78, 5) is 2.05. The molecule has 0 saturated heterocycles. The van der Waals surface area contributed by atoms with Crippen LogP contribution in [-0.4, -0.2) is 11.4 Å². The molecule has 1 aliphatic rings. The molecular formula is C15H13ClFN3S. The van der Waals surface area contributed by atoms with Gasteiger partial charge in [-0.3, -0.25) is 0 Å². The molecule has 0 spiro atoms. The topological polar surface area (TPSA) is 39.9 Å². The summed E-state index contributed by atoms with van der Waals surface area (Å²) in [6, 6.07) is 8.80. The van der Waals surface area contributed by atoms with Crippen molar-refractivity contribution in [3.8, 4) is 6.07 Å². The number of rotatable bonds is 4. The predicted molar refractivity (Wildman–Crippen MR) is 82.1 cm³/mol. The third-order valence-corrected chi connectivity index (χ3v) is 5.07. The molecule has 0 amide bonds. The van der Waals surface area contributed by atoms with Crippen LogP contribution in [0, 0.1) is 23.1 Å². The first-order valence-electron chi connectivity index (χ1n) is 6.65. The maximum absolute atomic E-state index is 13.1. The Morgan fingerprint density at radius 1 is 1.43 bits per heavy atom. The fourth-order valence-corrected chi connectivity index (χ4v) is 3.63. The van der Waals surface area contributed by atoms with E-state index in [-0.39, 0.29) is 17.0 Å². The average Bonchev–Trinajstić information content (AvgIpc) is 3.23. The Morgan fingerprint density at radius 2 is 2.10 bits per heavy atom. The molecule has 21 heavy (non-hydrogen) atoms. The van der Waals surface area contributed by atoms with E-state index in [4.69, 9.17) is 11.6 Å². The fraction of sp³-hybridized carbons (Fsp3) is 0.333. The maximum atomic E-state index is 13.1. The van der Waals surface area contributed by atoms with Gasteiger partial charge in [0.25, 0.3) is 0 Å². The second-order valence-corrected chi connectivity index (χ2v) is 6.32. The zero-order valence-corrected chi connectivity index (χ0v) is 13.0. The second-order valence-electron chi connectivity index (χ2n) is 5.21. The molecule has 1 fully saturated rings. The van der Waals surface area contributed by atoms with Gasteiger partial charge in [-0.15, -0.1) is 0 Å². The number of nitrogens with zero attached hydrogens (tertiary/aromatic N) is 3. The first-order valence-corrected chi connectivity index (χ1v) is 7.80. The molecule has 3 nitrogen and oxygen atoms in total. The zero-order valence-electron chi connectivity index (χ0n) is 11.4. The van der Waals surface area contributed by atoms with E-state index >= 15 is 0 Å². The summed E-state index contributed by atoms with van der Waals surface area (Å²) < 4.78 is 17.2. The van der Waals surface area contributed by atoms with Crippen LogP contribution in [0.4, 0.5) is 9.39 Å². The third kappa shape index (κ3) is 2.74. The lowest BCUT2D eigenvalue weighted by atomic mass is 10.0. The molecule has 0 bridgehead atoms. The second kappa shape index (κ2) is 5.63. The molecule has 1 saturated carbocycles. The fourth-order valence-electron chi connectivity index (χ4n) is 2.61. The van der Waals surface area contributed by atoms with Gasteiger partial charge in [-0.2, -0.15) is 9.64 Å². The van der Waals surface area contributed by atoms with E-state index < -0.39 is 0 Å². The molecule has 6 heteroatoms. The number of nitriles is 1. The number of hydrogen-bond donors (Lipinski definition) is 0. The highest BCUT2D eigenvalue weighted by Crippen LogP contribution is 2.47. The standard InChI is InChI=1S/C15H13ClFN3S/c1-20(15-12(8-18)14(16)19-21-15)13(9-2-3-9)10-4-6-11(17)7-5-10/h4-7,9,13H,2-3H2,1H3. The van der Waals surface area contributed by atoms with Crippen LogP contribution in [-0.2, 0) is 0 Å². The van der Waals surface area contributed by atoms with Crippen LogP contribution in [0.2, 0.25) is 5.15 Å². The molecular weight excluding hydrogens is 309 g/mol. The van der Waals surface area contributed by atoms with Crippen LogP contribution in [0.1, 0.15) is 30.0 Å². The third-order valence-electron chi connectivity index (χ3n) is 3.76. The van der Waals surface area contributed by atoms with Gasteiger partial charge in [0, 0.05) is 7.05 Å². The van der Waals surface area contributed by atoms with Crippen molar-refractivity contribution in [2.24, 2.45) is 5.92 Å². The monoisotopic (exact) mass is 321 g/mol. The molecule has 108 valence electrons. The number of hydrogen-bond acceptors (Lipinski definition) is 4. The Hall–Kier alpha value is -1.64. The largest absolute Gasteiger partial charge is 0.357 e. The van der Waals surface area contributed by atoms with Crippen molar-refractivity contribution in [2.45, 2.75) is 18.9 Å². The van der Waals surface area contributed by atoms with Crippen LogP contribution < -0.4 is 4.90 Å². The minimum Gasteiger partial charge on any atom is -0.357 e.